The molecule has 0 radical (unpaired) electrons. The second kappa shape index (κ2) is 8.58. The zero-order valence-corrected chi connectivity index (χ0v) is 18.0. The Morgan fingerprint density at radius 3 is 0.929 bits per heavy atom. The van der Waals surface area contributed by atoms with Crippen LogP contribution in [-0.4, -0.2) is 22.4 Å². The van der Waals surface area contributed by atoms with Crippen LogP contribution in [0.15, 0.2) is 0 Å². The molecule has 4 unspecified atom stereocenters. The highest BCUT2D eigenvalue weighted by Gasteiger charge is 2.54. The first-order valence-corrected chi connectivity index (χ1v) is 13.1. The van der Waals surface area contributed by atoms with E-state index in [4.69, 9.17) is 0 Å². The van der Waals surface area contributed by atoms with Crippen molar-refractivity contribution in [1.82, 2.24) is 0 Å². The Bertz CT molecular complexity index is 433. The number of hydrogen-bond acceptors (Lipinski definition) is 2. The van der Waals surface area contributed by atoms with E-state index in [0.717, 1.165) is 73.0 Å². The van der Waals surface area contributed by atoms with Crippen LogP contribution in [0.25, 0.3) is 0 Å². The fraction of sp³-hybridized carbons (Fsp3) is 1.00. The average Bonchev–Trinajstić information content (AvgIpc) is 2.74. The summed E-state index contributed by atoms with van der Waals surface area (Å²) in [6.45, 7) is 0. The van der Waals surface area contributed by atoms with Gasteiger partial charge in [-0.3, -0.25) is 0 Å². The average molecular weight is 389 g/mol. The molecule has 5 aliphatic carbocycles. The lowest BCUT2D eigenvalue weighted by Crippen LogP contribution is -2.53. The topological polar surface area (TPSA) is 40.5 Å². The van der Waals surface area contributed by atoms with Crippen molar-refractivity contribution in [1.29, 1.82) is 0 Å². The zero-order chi connectivity index (χ0) is 19.1. The lowest BCUT2D eigenvalue weighted by Gasteiger charge is -2.60. The maximum absolute atomic E-state index is 10.1. The second-order valence-corrected chi connectivity index (χ2v) is 11.5. The van der Waals surface area contributed by atoms with Crippen molar-refractivity contribution < 1.29 is 10.2 Å². The van der Waals surface area contributed by atoms with Crippen LogP contribution in [0.2, 0.25) is 0 Å². The van der Waals surface area contributed by atoms with Gasteiger partial charge < -0.3 is 10.2 Å². The first-order valence-electron chi connectivity index (χ1n) is 13.1. The van der Waals surface area contributed by atoms with Gasteiger partial charge in [-0.1, -0.05) is 25.7 Å². The molecule has 0 bridgehead atoms. The van der Waals surface area contributed by atoms with E-state index in [-0.39, 0.29) is 12.2 Å². The minimum absolute atomic E-state index is 0.00874. The van der Waals surface area contributed by atoms with Crippen LogP contribution < -0.4 is 0 Å². The molecule has 2 N–H and O–H groups in total. The molecule has 0 heterocycles. The lowest BCUT2D eigenvalue weighted by atomic mass is 9.45. The first kappa shape index (κ1) is 19.9. The second-order valence-electron chi connectivity index (χ2n) is 11.5. The van der Waals surface area contributed by atoms with Crippen molar-refractivity contribution in [2.75, 3.05) is 0 Å². The molecule has 0 aromatic carbocycles. The lowest BCUT2D eigenvalue weighted by molar-refractivity contribution is -0.118. The molecule has 2 nitrogen and oxygen atoms in total. The van der Waals surface area contributed by atoms with Crippen molar-refractivity contribution in [2.24, 2.45) is 47.3 Å². The van der Waals surface area contributed by atoms with Crippen LogP contribution >= 0.6 is 0 Å². The van der Waals surface area contributed by atoms with Gasteiger partial charge in [0, 0.05) is 0 Å². The third-order valence-corrected chi connectivity index (χ3v) is 10.3. The Morgan fingerprint density at radius 1 is 0.357 bits per heavy atom. The predicted molar refractivity (Wildman–Crippen MR) is 114 cm³/mol. The third-order valence-electron chi connectivity index (χ3n) is 10.3. The molecule has 0 aromatic rings. The monoisotopic (exact) mass is 388 g/mol. The zero-order valence-electron chi connectivity index (χ0n) is 18.0. The normalized spacial score (nSPS) is 52.5. The molecular weight excluding hydrogens is 344 g/mol. The maximum Gasteiger partial charge on any atom is 0.0540 e. The largest absolute Gasteiger partial charge is 0.393 e. The highest BCUT2D eigenvalue weighted by molar-refractivity contribution is 5.03. The van der Waals surface area contributed by atoms with Crippen molar-refractivity contribution >= 4 is 0 Å². The maximum atomic E-state index is 10.1. The summed E-state index contributed by atoms with van der Waals surface area (Å²) in [5.74, 6) is 7.75. The highest BCUT2D eigenvalue weighted by atomic mass is 16.3. The summed E-state index contributed by atoms with van der Waals surface area (Å²) >= 11 is 0. The molecule has 5 fully saturated rings. The van der Waals surface area contributed by atoms with Crippen molar-refractivity contribution in [3.05, 3.63) is 0 Å². The van der Waals surface area contributed by atoms with Crippen LogP contribution in [0.1, 0.15) is 103 Å². The first-order chi connectivity index (χ1) is 13.7. The fourth-order valence-electron chi connectivity index (χ4n) is 9.29. The molecule has 0 saturated heterocycles. The van der Waals surface area contributed by atoms with E-state index in [0.29, 0.717) is 0 Å². The van der Waals surface area contributed by atoms with Gasteiger partial charge in [0.2, 0.25) is 0 Å². The Hall–Kier alpha value is -0.0800. The summed E-state index contributed by atoms with van der Waals surface area (Å²) in [6.07, 6.45) is 21.4. The SMILES string of the molecule is OC1CCC(C2C3CCCCC3C(C3CCC(O)CC3)C3CCCCC32)CC1. The molecule has 0 spiro atoms. The number of aliphatic hydroxyl groups excluding tert-OH is 2. The summed E-state index contributed by atoms with van der Waals surface area (Å²) < 4.78 is 0. The molecule has 0 aromatic heterocycles. The van der Waals surface area contributed by atoms with E-state index < -0.39 is 0 Å². The van der Waals surface area contributed by atoms with Crippen LogP contribution in [0.3, 0.4) is 0 Å². The summed E-state index contributed by atoms with van der Waals surface area (Å²) in [7, 11) is 0. The third kappa shape index (κ3) is 3.70. The Labute approximate surface area is 172 Å². The van der Waals surface area contributed by atoms with E-state index in [1.165, 1.54) is 77.0 Å². The molecule has 4 atom stereocenters. The van der Waals surface area contributed by atoms with Gasteiger partial charge in [0.25, 0.3) is 0 Å². The van der Waals surface area contributed by atoms with Crippen LogP contribution in [0, 0.1) is 47.3 Å². The van der Waals surface area contributed by atoms with Crippen LogP contribution in [-0.2, 0) is 0 Å². The number of aliphatic hydroxyl groups is 2. The van der Waals surface area contributed by atoms with Crippen LogP contribution in [0.4, 0.5) is 0 Å². The van der Waals surface area contributed by atoms with Gasteiger partial charge in [0.1, 0.15) is 0 Å². The van der Waals surface area contributed by atoms with Gasteiger partial charge in [-0.2, -0.15) is 0 Å². The van der Waals surface area contributed by atoms with E-state index in [1.54, 1.807) is 0 Å². The van der Waals surface area contributed by atoms with Gasteiger partial charge in [0.15, 0.2) is 0 Å². The number of rotatable bonds is 2. The van der Waals surface area contributed by atoms with Gasteiger partial charge in [0.05, 0.1) is 12.2 Å². The number of fused-ring (bicyclic) bond motifs is 2. The predicted octanol–water partition coefficient (Wildman–Crippen LogP) is 5.95. The summed E-state index contributed by atoms with van der Waals surface area (Å²) in [6, 6.07) is 0. The summed E-state index contributed by atoms with van der Waals surface area (Å²) in [4.78, 5) is 0. The van der Waals surface area contributed by atoms with E-state index in [1.807, 2.05) is 0 Å². The van der Waals surface area contributed by atoms with Crippen molar-refractivity contribution in [3.63, 3.8) is 0 Å². The molecule has 0 amide bonds. The molecule has 0 aliphatic heterocycles. The molecule has 28 heavy (non-hydrogen) atoms. The fourth-order valence-corrected chi connectivity index (χ4v) is 9.29. The minimum atomic E-state index is -0.00874. The molecular formula is C26H44O2. The van der Waals surface area contributed by atoms with Gasteiger partial charge in [-0.15, -0.1) is 0 Å². The number of hydrogen-bond donors (Lipinski definition) is 2. The van der Waals surface area contributed by atoms with Gasteiger partial charge in [-0.25, -0.2) is 0 Å². The molecule has 5 rings (SSSR count). The van der Waals surface area contributed by atoms with E-state index >= 15 is 0 Å². The molecule has 5 saturated carbocycles. The summed E-state index contributed by atoms with van der Waals surface area (Å²) in [5, 5.41) is 20.2. The Balaban J connectivity index is 1.43. The smallest absolute Gasteiger partial charge is 0.0540 e. The van der Waals surface area contributed by atoms with E-state index in [2.05, 4.69) is 0 Å². The Morgan fingerprint density at radius 2 is 0.643 bits per heavy atom. The van der Waals surface area contributed by atoms with E-state index in [9.17, 15) is 10.2 Å². The van der Waals surface area contributed by atoms with Gasteiger partial charge >= 0.3 is 0 Å². The molecule has 160 valence electrons. The minimum Gasteiger partial charge on any atom is -0.393 e. The summed E-state index contributed by atoms with van der Waals surface area (Å²) in [5.41, 5.74) is 0. The molecule has 2 heteroatoms. The van der Waals surface area contributed by atoms with Crippen molar-refractivity contribution in [2.45, 2.75) is 115 Å². The Kier molecular flexibility index (Phi) is 6.08. The van der Waals surface area contributed by atoms with Crippen molar-refractivity contribution in [3.8, 4) is 0 Å². The highest BCUT2D eigenvalue weighted by Crippen LogP contribution is 2.62. The van der Waals surface area contributed by atoms with Crippen LogP contribution in [0.5, 0.6) is 0 Å². The van der Waals surface area contributed by atoms with Gasteiger partial charge in [-0.05, 0) is 124 Å². The standard InChI is InChI=1S/C26H44O2/c27-19-13-9-17(10-14-19)25-21-5-1-2-6-22(21)26(18-11-15-20(28)16-12-18)24-8-4-3-7-23(24)25/h17-28H,1-16H2. The quantitative estimate of drug-likeness (QED) is 0.614. The molecule has 5 aliphatic rings.